The molecule has 2 rings (SSSR count). The highest BCUT2D eigenvalue weighted by Gasteiger charge is 2.28. The van der Waals surface area contributed by atoms with Crippen molar-refractivity contribution in [2.75, 3.05) is 6.79 Å². The van der Waals surface area contributed by atoms with E-state index in [0.717, 1.165) is 0 Å². The van der Waals surface area contributed by atoms with E-state index in [0.29, 0.717) is 34.1 Å². The third-order valence-electron chi connectivity index (χ3n) is 2.69. The van der Waals surface area contributed by atoms with Gasteiger partial charge in [0.2, 0.25) is 6.79 Å². The average Bonchev–Trinajstić information content (AvgIpc) is 2.73. The minimum Gasteiger partial charge on any atom is -0.480 e. The van der Waals surface area contributed by atoms with Gasteiger partial charge in [-0.2, -0.15) is 0 Å². The third kappa shape index (κ3) is 1.92. The average molecular weight is 258 g/mol. The molecule has 1 aliphatic rings. The smallest absolute Gasteiger partial charge is 0.325 e. The summed E-state index contributed by atoms with van der Waals surface area (Å²) < 4.78 is 10.5. The molecule has 0 bridgehead atoms. The lowest BCUT2D eigenvalue weighted by Gasteiger charge is -2.16. The Morgan fingerprint density at radius 1 is 1.65 bits per heavy atom. The lowest BCUT2D eigenvalue weighted by Crippen LogP contribution is -2.22. The molecule has 92 valence electrons. The molecule has 5 nitrogen and oxygen atoms in total. The summed E-state index contributed by atoms with van der Waals surface area (Å²) in [6, 6.07) is 0.383. The van der Waals surface area contributed by atoms with Crippen molar-refractivity contribution in [2.45, 2.75) is 19.4 Å². The van der Waals surface area contributed by atoms with Gasteiger partial charge < -0.3 is 20.3 Å². The monoisotopic (exact) mass is 257 g/mol. The first-order chi connectivity index (χ1) is 8.06. The van der Waals surface area contributed by atoms with Gasteiger partial charge in [0.25, 0.3) is 0 Å². The molecule has 0 aromatic heterocycles. The lowest BCUT2D eigenvalue weighted by molar-refractivity contribution is -0.138. The van der Waals surface area contributed by atoms with Crippen LogP contribution in [-0.4, -0.2) is 17.9 Å². The number of hydrogen-bond acceptors (Lipinski definition) is 4. The molecule has 0 spiro atoms. The molecule has 1 aliphatic heterocycles. The molecule has 0 fully saturated rings. The number of benzene rings is 1. The molecule has 0 saturated carbocycles. The van der Waals surface area contributed by atoms with Crippen LogP contribution < -0.4 is 15.2 Å². The summed E-state index contributed by atoms with van der Waals surface area (Å²) in [7, 11) is 0. The molecule has 1 heterocycles. The number of carboxylic acid groups (broad SMARTS) is 1. The molecule has 1 atom stereocenters. The van der Waals surface area contributed by atoms with Gasteiger partial charge in [-0.05, 0) is 6.42 Å². The maximum atomic E-state index is 11.0. The number of aliphatic carboxylic acids is 1. The van der Waals surface area contributed by atoms with Crippen LogP contribution in [0, 0.1) is 0 Å². The van der Waals surface area contributed by atoms with Crippen LogP contribution in [-0.2, 0) is 11.2 Å². The number of nitrogens with two attached hydrogens (primary N) is 1. The number of carboxylic acids is 1. The largest absolute Gasteiger partial charge is 0.480 e. The molecular formula is C11H12ClNO4. The topological polar surface area (TPSA) is 81.8 Å². The van der Waals surface area contributed by atoms with Gasteiger partial charge in [-0.15, -0.1) is 0 Å². The van der Waals surface area contributed by atoms with Crippen molar-refractivity contribution in [1.82, 2.24) is 0 Å². The fourth-order valence-corrected chi connectivity index (χ4v) is 2.23. The lowest BCUT2D eigenvalue weighted by atomic mass is 9.97. The summed E-state index contributed by atoms with van der Waals surface area (Å²) in [6.45, 7) is 2.00. The van der Waals surface area contributed by atoms with Crippen molar-refractivity contribution in [2.24, 2.45) is 5.73 Å². The van der Waals surface area contributed by atoms with Crippen molar-refractivity contribution in [3.63, 3.8) is 0 Å². The van der Waals surface area contributed by atoms with Crippen LogP contribution in [0.25, 0.3) is 0 Å². The highest BCUT2D eigenvalue weighted by atomic mass is 35.5. The first kappa shape index (κ1) is 12.0. The molecule has 0 radical (unpaired) electrons. The Labute approximate surface area is 103 Å². The van der Waals surface area contributed by atoms with Crippen LogP contribution in [0.15, 0.2) is 6.07 Å². The number of rotatable bonds is 3. The standard InChI is InChI=1S/C11H12ClNO4/c1-2-5-8(9(13)11(14)15)6(12)3-7-10(5)17-4-16-7/h3,9H,2,4,13H2,1H3,(H,14,15). The van der Waals surface area contributed by atoms with Gasteiger partial charge in [0.15, 0.2) is 11.5 Å². The van der Waals surface area contributed by atoms with Gasteiger partial charge in [-0.25, -0.2) is 0 Å². The van der Waals surface area contributed by atoms with Crippen molar-refractivity contribution < 1.29 is 19.4 Å². The van der Waals surface area contributed by atoms with Gasteiger partial charge in [0.1, 0.15) is 6.04 Å². The molecule has 1 unspecified atom stereocenters. The van der Waals surface area contributed by atoms with E-state index < -0.39 is 12.0 Å². The van der Waals surface area contributed by atoms with E-state index in [1.165, 1.54) is 0 Å². The van der Waals surface area contributed by atoms with Crippen LogP contribution in [0.2, 0.25) is 5.02 Å². The summed E-state index contributed by atoms with van der Waals surface area (Å²) >= 11 is 6.05. The zero-order valence-electron chi connectivity index (χ0n) is 9.20. The number of fused-ring (bicyclic) bond motifs is 1. The van der Waals surface area contributed by atoms with E-state index in [4.69, 9.17) is 31.9 Å². The number of hydrogen-bond donors (Lipinski definition) is 2. The minimum atomic E-state index is -1.16. The number of carbonyl (C=O) groups is 1. The molecule has 0 saturated heterocycles. The fourth-order valence-electron chi connectivity index (χ4n) is 1.90. The van der Waals surface area contributed by atoms with Gasteiger partial charge in [0.05, 0.1) is 5.02 Å². The fraction of sp³-hybridized carbons (Fsp3) is 0.364. The van der Waals surface area contributed by atoms with E-state index in [-0.39, 0.29) is 6.79 Å². The SMILES string of the molecule is CCc1c2c(cc(Cl)c1C(N)C(=O)O)OCO2. The number of ether oxygens (including phenoxy) is 2. The van der Waals surface area contributed by atoms with Crippen LogP contribution >= 0.6 is 11.6 Å². The van der Waals surface area contributed by atoms with Gasteiger partial charge in [0, 0.05) is 17.2 Å². The van der Waals surface area contributed by atoms with E-state index in [2.05, 4.69) is 0 Å². The second-order valence-corrected chi connectivity index (χ2v) is 4.06. The first-order valence-corrected chi connectivity index (χ1v) is 5.53. The Kier molecular flexibility index (Phi) is 3.13. The summed E-state index contributed by atoms with van der Waals surface area (Å²) in [6.07, 6.45) is 0.572. The van der Waals surface area contributed by atoms with E-state index in [9.17, 15) is 4.79 Å². The molecule has 1 aromatic carbocycles. The van der Waals surface area contributed by atoms with Crippen molar-refractivity contribution >= 4 is 17.6 Å². The maximum Gasteiger partial charge on any atom is 0.325 e. The maximum absolute atomic E-state index is 11.0. The second kappa shape index (κ2) is 4.43. The van der Waals surface area contributed by atoms with E-state index in [1.807, 2.05) is 6.92 Å². The van der Waals surface area contributed by atoms with Gasteiger partial charge in [-0.1, -0.05) is 18.5 Å². The molecule has 17 heavy (non-hydrogen) atoms. The van der Waals surface area contributed by atoms with Gasteiger partial charge in [-0.3, -0.25) is 4.79 Å². The summed E-state index contributed by atoms with van der Waals surface area (Å²) in [5.74, 6) is -0.0442. The zero-order valence-corrected chi connectivity index (χ0v) is 9.95. The minimum absolute atomic E-state index is 0.116. The highest BCUT2D eigenvalue weighted by Crippen LogP contribution is 2.43. The first-order valence-electron chi connectivity index (χ1n) is 5.15. The van der Waals surface area contributed by atoms with E-state index in [1.54, 1.807) is 6.07 Å². The van der Waals surface area contributed by atoms with Crippen LogP contribution in [0.4, 0.5) is 0 Å². The molecular weight excluding hydrogens is 246 g/mol. The quantitative estimate of drug-likeness (QED) is 0.862. The Balaban J connectivity index is 2.62. The Hall–Kier alpha value is -1.46. The molecule has 1 aromatic rings. The third-order valence-corrected chi connectivity index (χ3v) is 3.00. The Morgan fingerprint density at radius 3 is 2.94 bits per heavy atom. The van der Waals surface area contributed by atoms with Crippen LogP contribution in [0.1, 0.15) is 24.1 Å². The molecule has 0 amide bonds. The van der Waals surface area contributed by atoms with Crippen molar-refractivity contribution in [3.05, 3.63) is 22.2 Å². The predicted octanol–water partition coefficient (Wildman–Crippen LogP) is 1.72. The zero-order chi connectivity index (χ0) is 12.6. The normalized spacial score (nSPS) is 14.8. The van der Waals surface area contributed by atoms with E-state index >= 15 is 0 Å². The predicted molar refractivity (Wildman–Crippen MR) is 61.5 cm³/mol. The van der Waals surface area contributed by atoms with Crippen LogP contribution in [0.3, 0.4) is 0 Å². The summed E-state index contributed by atoms with van der Waals surface area (Å²) in [5, 5.41) is 9.27. The van der Waals surface area contributed by atoms with Crippen molar-refractivity contribution in [3.8, 4) is 11.5 Å². The Bertz CT molecular complexity index is 475. The molecule has 6 heteroatoms. The van der Waals surface area contributed by atoms with Crippen molar-refractivity contribution in [1.29, 1.82) is 0 Å². The summed E-state index contributed by atoms with van der Waals surface area (Å²) in [5.41, 5.74) is 6.72. The Morgan fingerprint density at radius 2 is 2.35 bits per heavy atom. The van der Waals surface area contributed by atoms with Gasteiger partial charge >= 0.3 is 5.97 Å². The molecule has 0 aliphatic carbocycles. The second-order valence-electron chi connectivity index (χ2n) is 3.65. The molecule has 3 N–H and O–H groups in total. The number of halogens is 1. The highest BCUT2D eigenvalue weighted by molar-refractivity contribution is 6.32. The van der Waals surface area contributed by atoms with Crippen LogP contribution in [0.5, 0.6) is 11.5 Å². The summed E-state index contributed by atoms with van der Waals surface area (Å²) in [4.78, 5) is 11.0.